The molecule has 3 heterocycles. The van der Waals surface area contributed by atoms with Crippen molar-refractivity contribution >= 4 is 28.8 Å². The highest BCUT2D eigenvalue weighted by Crippen LogP contribution is 2.33. The van der Waals surface area contributed by atoms with Crippen LogP contribution in [-0.4, -0.2) is 36.4 Å². The number of aromatic nitrogens is 4. The largest absolute Gasteiger partial charge is 0.462 e. The van der Waals surface area contributed by atoms with Gasteiger partial charge in [0.1, 0.15) is 27.6 Å². The van der Waals surface area contributed by atoms with Crippen molar-refractivity contribution in [3.63, 3.8) is 0 Å². The number of hydrogen-bond acceptors (Lipinski definition) is 7. The predicted molar refractivity (Wildman–Crippen MR) is 108 cm³/mol. The van der Waals surface area contributed by atoms with Gasteiger partial charge in [-0.15, -0.1) is 0 Å². The lowest BCUT2D eigenvalue weighted by atomic mass is 10.1. The van der Waals surface area contributed by atoms with E-state index < -0.39 is 16.5 Å². The summed E-state index contributed by atoms with van der Waals surface area (Å²) in [6.45, 7) is 8.37. The van der Waals surface area contributed by atoms with Gasteiger partial charge in [0.25, 0.3) is 5.56 Å². The zero-order valence-electron chi connectivity index (χ0n) is 16.9. The summed E-state index contributed by atoms with van der Waals surface area (Å²) in [5.41, 5.74) is -0.480. The summed E-state index contributed by atoms with van der Waals surface area (Å²) in [6.07, 6.45) is 1.74. The summed E-state index contributed by atoms with van der Waals surface area (Å²) >= 11 is 1.23. The van der Waals surface area contributed by atoms with Gasteiger partial charge in [0.2, 0.25) is 0 Å². The number of aryl methyl sites for hydroxylation is 1. The molecule has 0 saturated carbocycles. The van der Waals surface area contributed by atoms with Crippen LogP contribution >= 0.6 is 11.8 Å². The van der Waals surface area contributed by atoms with Crippen molar-refractivity contribution in [1.29, 1.82) is 0 Å². The molecule has 2 atom stereocenters. The van der Waals surface area contributed by atoms with Crippen molar-refractivity contribution in [3.8, 4) is 0 Å². The molecule has 0 spiro atoms. The Kier molecular flexibility index (Phi) is 5.92. The molecule has 3 rings (SSSR count). The van der Waals surface area contributed by atoms with E-state index in [-0.39, 0.29) is 12.1 Å². The highest BCUT2D eigenvalue weighted by Gasteiger charge is 2.34. The smallest absolute Gasteiger partial charge is 0.332 e. The molecule has 152 valence electrons. The lowest BCUT2D eigenvalue weighted by Crippen LogP contribution is -2.39. The quantitative estimate of drug-likeness (QED) is 0.534. The molecular weight excluding hydrogens is 380 g/mol. The van der Waals surface area contributed by atoms with Gasteiger partial charge in [0, 0.05) is 26.4 Å². The molecule has 1 fully saturated rings. The maximum Gasteiger partial charge on any atom is 0.332 e. The van der Waals surface area contributed by atoms with Gasteiger partial charge in [0.15, 0.2) is 5.65 Å². The lowest BCUT2D eigenvalue weighted by Gasteiger charge is -2.15. The Morgan fingerprint density at radius 2 is 1.96 bits per heavy atom. The zero-order valence-corrected chi connectivity index (χ0v) is 17.7. The van der Waals surface area contributed by atoms with Crippen LogP contribution in [0.2, 0.25) is 0 Å². The number of thioether (sulfide) groups is 1. The van der Waals surface area contributed by atoms with Crippen molar-refractivity contribution in [1.82, 2.24) is 19.1 Å². The first-order chi connectivity index (χ1) is 13.2. The van der Waals surface area contributed by atoms with Crippen molar-refractivity contribution in [2.45, 2.75) is 69.9 Å². The summed E-state index contributed by atoms with van der Waals surface area (Å²) in [7, 11) is 1.46. The molecule has 0 radical (unpaired) electrons. The summed E-state index contributed by atoms with van der Waals surface area (Å²) in [5.74, 6) is 0.583. The predicted octanol–water partition coefficient (Wildman–Crippen LogP) is 1.89. The first kappa shape index (κ1) is 20.6. The molecule has 9 heteroatoms. The standard InChI is InChI=1S/C19H26N4O4S/c1-6-7-23-15-14(17(24)22(5)19(23)26)16(21-13(20-15)8-10(2)3)28-12-9-11(4)27-18(12)25/h10-12H,6-9H2,1-5H3/t11-,12+/m1/s1. The Hall–Kier alpha value is -2.16. The van der Waals surface area contributed by atoms with Gasteiger partial charge in [-0.3, -0.25) is 18.7 Å². The Labute approximate surface area is 167 Å². The van der Waals surface area contributed by atoms with Gasteiger partial charge in [-0.1, -0.05) is 32.5 Å². The van der Waals surface area contributed by atoms with Crippen LogP contribution in [0.5, 0.6) is 0 Å². The number of ether oxygens (including phenoxy) is 1. The number of nitrogens with zero attached hydrogens (tertiary/aromatic N) is 4. The van der Waals surface area contributed by atoms with Crippen molar-refractivity contribution in [2.24, 2.45) is 13.0 Å². The molecule has 1 aliphatic rings. The first-order valence-corrected chi connectivity index (χ1v) is 10.5. The Morgan fingerprint density at radius 3 is 2.54 bits per heavy atom. The number of cyclic esters (lactones) is 1. The number of rotatable bonds is 6. The molecule has 1 saturated heterocycles. The van der Waals surface area contributed by atoms with E-state index in [9.17, 15) is 14.4 Å². The van der Waals surface area contributed by atoms with E-state index in [2.05, 4.69) is 23.8 Å². The fourth-order valence-corrected chi connectivity index (χ4v) is 4.54. The van der Waals surface area contributed by atoms with Crippen molar-refractivity contribution < 1.29 is 9.53 Å². The van der Waals surface area contributed by atoms with E-state index in [0.29, 0.717) is 47.2 Å². The number of carbonyl (C=O) groups excluding carboxylic acids is 1. The van der Waals surface area contributed by atoms with Gasteiger partial charge in [-0.25, -0.2) is 14.8 Å². The van der Waals surface area contributed by atoms with Crippen LogP contribution in [0.25, 0.3) is 11.0 Å². The minimum absolute atomic E-state index is 0.158. The number of carbonyl (C=O) groups is 1. The fraction of sp³-hybridized carbons (Fsp3) is 0.632. The topological polar surface area (TPSA) is 96.1 Å². The van der Waals surface area contributed by atoms with Gasteiger partial charge >= 0.3 is 11.7 Å². The van der Waals surface area contributed by atoms with Gasteiger partial charge < -0.3 is 4.74 Å². The molecule has 8 nitrogen and oxygen atoms in total. The van der Waals surface area contributed by atoms with Crippen LogP contribution in [0.1, 0.15) is 46.4 Å². The van der Waals surface area contributed by atoms with E-state index in [1.165, 1.54) is 23.4 Å². The maximum atomic E-state index is 12.9. The molecule has 0 aliphatic carbocycles. The second-order valence-corrected chi connectivity index (χ2v) is 8.82. The molecule has 0 N–H and O–H groups in total. The van der Waals surface area contributed by atoms with Crippen molar-refractivity contribution in [2.75, 3.05) is 0 Å². The van der Waals surface area contributed by atoms with Crippen LogP contribution in [-0.2, 0) is 29.5 Å². The van der Waals surface area contributed by atoms with E-state index >= 15 is 0 Å². The third kappa shape index (κ3) is 3.85. The highest BCUT2D eigenvalue weighted by molar-refractivity contribution is 8.00. The Balaban J connectivity index is 2.26. The van der Waals surface area contributed by atoms with Crippen LogP contribution < -0.4 is 11.2 Å². The Bertz CT molecular complexity index is 1030. The normalized spacial score (nSPS) is 19.6. The first-order valence-electron chi connectivity index (χ1n) is 9.60. The second-order valence-electron chi connectivity index (χ2n) is 7.63. The lowest BCUT2D eigenvalue weighted by molar-refractivity contribution is -0.140. The average Bonchev–Trinajstić information content (AvgIpc) is 2.93. The van der Waals surface area contributed by atoms with E-state index in [4.69, 9.17) is 4.74 Å². The number of fused-ring (bicyclic) bond motifs is 1. The van der Waals surface area contributed by atoms with Crippen LogP contribution in [0.4, 0.5) is 0 Å². The molecule has 0 aromatic carbocycles. The van der Waals surface area contributed by atoms with Crippen LogP contribution in [0.3, 0.4) is 0 Å². The van der Waals surface area contributed by atoms with E-state index in [1.807, 2.05) is 13.8 Å². The van der Waals surface area contributed by atoms with Gasteiger partial charge in [0.05, 0.1) is 0 Å². The average molecular weight is 407 g/mol. The number of hydrogen-bond donors (Lipinski definition) is 0. The molecule has 1 aliphatic heterocycles. The Morgan fingerprint density at radius 1 is 1.25 bits per heavy atom. The molecular formula is C19H26N4O4S. The highest BCUT2D eigenvalue weighted by atomic mass is 32.2. The third-order valence-electron chi connectivity index (χ3n) is 4.61. The molecule has 2 aromatic rings. The number of esters is 1. The van der Waals surface area contributed by atoms with Gasteiger partial charge in [-0.2, -0.15) is 0 Å². The fourth-order valence-electron chi connectivity index (χ4n) is 3.30. The molecule has 0 amide bonds. The van der Waals surface area contributed by atoms with Crippen LogP contribution in [0, 0.1) is 5.92 Å². The van der Waals surface area contributed by atoms with Crippen LogP contribution in [0.15, 0.2) is 14.6 Å². The third-order valence-corrected chi connectivity index (χ3v) is 5.80. The summed E-state index contributed by atoms with van der Waals surface area (Å²) in [6, 6.07) is 0. The molecule has 0 unspecified atom stereocenters. The zero-order chi connectivity index (χ0) is 20.6. The minimum Gasteiger partial charge on any atom is -0.462 e. The van der Waals surface area contributed by atoms with Gasteiger partial charge in [-0.05, 0) is 19.3 Å². The maximum absolute atomic E-state index is 12.9. The van der Waals surface area contributed by atoms with E-state index in [1.54, 1.807) is 0 Å². The van der Waals surface area contributed by atoms with Crippen molar-refractivity contribution in [3.05, 3.63) is 26.7 Å². The monoisotopic (exact) mass is 406 g/mol. The SMILES string of the molecule is CCCn1c(=O)n(C)c(=O)c2c(S[C@H]3C[C@@H](C)OC3=O)nc(CC(C)C)nc21. The van der Waals surface area contributed by atoms with E-state index in [0.717, 1.165) is 11.0 Å². The second kappa shape index (κ2) is 8.06. The summed E-state index contributed by atoms with van der Waals surface area (Å²) in [5, 5.41) is 0.318. The summed E-state index contributed by atoms with van der Waals surface area (Å²) in [4.78, 5) is 46.9. The minimum atomic E-state index is -0.439. The molecule has 28 heavy (non-hydrogen) atoms. The molecule has 2 aromatic heterocycles. The molecule has 0 bridgehead atoms. The summed E-state index contributed by atoms with van der Waals surface area (Å²) < 4.78 is 7.86.